The molecule has 2 N–H and O–H groups in total. The highest BCUT2D eigenvalue weighted by molar-refractivity contribution is 7.19. The Balaban J connectivity index is 1.22. The number of amides is 2. The number of hydrogen-bond acceptors (Lipinski definition) is 6. The van der Waals surface area contributed by atoms with E-state index in [1.807, 2.05) is 59.4 Å². The number of aromatic nitrogens is 4. The van der Waals surface area contributed by atoms with Gasteiger partial charge in [-0.15, -0.1) is 0 Å². The van der Waals surface area contributed by atoms with Crippen LogP contribution in [0.3, 0.4) is 0 Å². The van der Waals surface area contributed by atoms with E-state index in [9.17, 15) is 9.59 Å². The monoisotopic (exact) mass is 546 g/mol. The van der Waals surface area contributed by atoms with Gasteiger partial charge in [-0.05, 0) is 73.2 Å². The summed E-state index contributed by atoms with van der Waals surface area (Å²) in [5.74, 6) is -0.223. The number of fused-ring (bicyclic) bond motifs is 4. The number of aryl methyl sites for hydroxylation is 1. The first-order valence-corrected chi connectivity index (χ1v) is 14.1. The Labute approximate surface area is 235 Å². The van der Waals surface area contributed by atoms with Crippen LogP contribution in [0, 0.1) is 0 Å². The molecule has 0 spiro atoms. The van der Waals surface area contributed by atoms with E-state index in [1.165, 1.54) is 29.4 Å². The van der Waals surface area contributed by atoms with Crippen LogP contribution < -0.4 is 10.6 Å². The Morgan fingerprint density at radius 1 is 0.975 bits per heavy atom. The number of thiazole rings is 1. The van der Waals surface area contributed by atoms with Crippen LogP contribution in [0.15, 0.2) is 73.1 Å². The number of carbonyl (C=O) groups excluding carboxylic acids is 2. The predicted octanol–water partition coefficient (Wildman–Crippen LogP) is 5.01. The van der Waals surface area contributed by atoms with Gasteiger partial charge in [0, 0.05) is 42.0 Å². The summed E-state index contributed by atoms with van der Waals surface area (Å²) < 4.78 is 1.93. The number of carbonyl (C=O) groups is 2. The fourth-order valence-electron chi connectivity index (χ4n) is 5.68. The summed E-state index contributed by atoms with van der Waals surface area (Å²) in [6.45, 7) is 1.49. The highest BCUT2D eigenvalue weighted by atomic mass is 32.1. The first kappa shape index (κ1) is 24.4. The Morgan fingerprint density at radius 3 is 2.45 bits per heavy atom. The van der Waals surface area contributed by atoms with E-state index >= 15 is 0 Å². The maximum atomic E-state index is 13.1. The van der Waals surface area contributed by atoms with Gasteiger partial charge < -0.3 is 10.6 Å². The first-order valence-electron chi connectivity index (χ1n) is 13.3. The highest BCUT2D eigenvalue weighted by Crippen LogP contribution is 2.44. The van der Waals surface area contributed by atoms with E-state index in [2.05, 4.69) is 32.7 Å². The Kier molecular flexibility index (Phi) is 6.00. The van der Waals surface area contributed by atoms with Gasteiger partial charge in [0.1, 0.15) is 0 Å². The average Bonchev–Trinajstić information content (AvgIpc) is 3.67. The van der Waals surface area contributed by atoms with E-state index in [-0.39, 0.29) is 17.9 Å². The predicted molar refractivity (Wildman–Crippen MR) is 155 cm³/mol. The molecular formula is C31H26N6O2S. The summed E-state index contributed by atoms with van der Waals surface area (Å²) in [6, 6.07) is 20.0. The number of rotatable bonds is 5. The van der Waals surface area contributed by atoms with Gasteiger partial charge in [0.2, 0.25) is 5.91 Å². The maximum absolute atomic E-state index is 13.1. The number of anilines is 1. The van der Waals surface area contributed by atoms with Crippen LogP contribution in [0.2, 0.25) is 0 Å². The largest absolute Gasteiger partial charge is 0.349 e. The van der Waals surface area contributed by atoms with E-state index < -0.39 is 0 Å². The maximum Gasteiger partial charge on any atom is 0.251 e. The lowest BCUT2D eigenvalue weighted by molar-refractivity contribution is -0.114. The van der Waals surface area contributed by atoms with Gasteiger partial charge in [-0.25, -0.2) is 9.67 Å². The van der Waals surface area contributed by atoms with Gasteiger partial charge in [-0.1, -0.05) is 35.6 Å². The van der Waals surface area contributed by atoms with Crippen LogP contribution in [0.25, 0.3) is 27.5 Å². The molecule has 2 aromatic carbocycles. The molecule has 2 amide bonds. The lowest BCUT2D eigenvalue weighted by Crippen LogP contribution is -2.35. The molecule has 0 atom stereocenters. The van der Waals surface area contributed by atoms with Gasteiger partial charge in [0.15, 0.2) is 5.13 Å². The van der Waals surface area contributed by atoms with Crippen LogP contribution in [-0.4, -0.2) is 37.6 Å². The SMILES string of the molecule is CC(=O)Nc1nc2c(s1)-c1c(c(-c3cccnc3)nn1-c1ccc(C(=O)NC3Cc4ccccc4C3)cc1)CC2. The van der Waals surface area contributed by atoms with Crippen LogP contribution in [0.5, 0.6) is 0 Å². The van der Waals surface area contributed by atoms with Gasteiger partial charge in [-0.2, -0.15) is 5.10 Å². The molecule has 2 aliphatic carbocycles. The van der Waals surface area contributed by atoms with Gasteiger partial charge in [0.25, 0.3) is 5.91 Å². The normalized spacial score (nSPS) is 13.8. The Bertz CT molecular complexity index is 1730. The molecule has 8 nitrogen and oxygen atoms in total. The van der Waals surface area contributed by atoms with Crippen molar-refractivity contribution in [3.63, 3.8) is 0 Å². The summed E-state index contributed by atoms with van der Waals surface area (Å²) in [5, 5.41) is 11.7. The summed E-state index contributed by atoms with van der Waals surface area (Å²) >= 11 is 1.46. The van der Waals surface area contributed by atoms with Crippen molar-refractivity contribution < 1.29 is 9.59 Å². The second-order valence-electron chi connectivity index (χ2n) is 10.2. The van der Waals surface area contributed by atoms with Crippen LogP contribution in [-0.2, 0) is 30.5 Å². The van der Waals surface area contributed by atoms with Crippen molar-refractivity contribution in [2.24, 2.45) is 0 Å². The number of nitrogens with one attached hydrogen (secondary N) is 2. The van der Waals surface area contributed by atoms with Crippen molar-refractivity contribution in [1.29, 1.82) is 0 Å². The molecular weight excluding hydrogens is 520 g/mol. The Hall–Kier alpha value is -4.63. The molecule has 3 heterocycles. The first-order chi connectivity index (χ1) is 19.5. The quantitative estimate of drug-likeness (QED) is 0.323. The molecule has 0 saturated carbocycles. The molecule has 198 valence electrons. The van der Waals surface area contributed by atoms with Crippen molar-refractivity contribution in [3.05, 3.63) is 101 Å². The van der Waals surface area contributed by atoms with Gasteiger partial charge in [0.05, 0.1) is 27.6 Å². The van der Waals surface area contributed by atoms with Crippen molar-refractivity contribution in [2.45, 2.75) is 38.6 Å². The van der Waals surface area contributed by atoms with E-state index in [0.29, 0.717) is 10.7 Å². The number of hydrogen-bond donors (Lipinski definition) is 2. The standard InChI is InChI=1S/C31H26N6O2S/c1-18(38)33-31-35-26-13-12-25-27(22-7-4-14-32-17-22)36-37(28(25)29(26)40-31)24-10-8-19(9-11-24)30(39)34-23-15-20-5-2-3-6-21(20)16-23/h2-11,14,17,23H,12-13,15-16H2,1H3,(H,34,39)(H,33,35,38). The zero-order valence-corrected chi connectivity index (χ0v) is 22.7. The summed E-state index contributed by atoms with van der Waals surface area (Å²) in [5.41, 5.74) is 8.94. The topological polar surface area (TPSA) is 102 Å². The second-order valence-corrected chi connectivity index (χ2v) is 11.2. The minimum absolute atomic E-state index is 0.0763. The van der Waals surface area contributed by atoms with Crippen molar-refractivity contribution in [3.8, 4) is 27.5 Å². The third-order valence-corrected chi connectivity index (χ3v) is 8.51. The van der Waals surface area contributed by atoms with E-state index in [4.69, 9.17) is 5.10 Å². The fourth-order valence-corrected chi connectivity index (χ4v) is 6.80. The molecule has 40 heavy (non-hydrogen) atoms. The molecule has 0 radical (unpaired) electrons. The summed E-state index contributed by atoms with van der Waals surface area (Å²) in [7, 11) is 0. The second kappa shape index (κ2) is 9.84. The van der Waals surface area contributed by atoms with Crippen LogP contribution in [0.1, 0.15) is 39.7 Å². The Morgan fingerprint density at radius 2 is 1.75 bits per heavy atom. The van der Waals surface area contributed by atoms with E-state index in [1.54, 1.807) is 6.20 Å². The minimum atomic E-state index is -0.147. The molecule has 2 aliphatic rings. The molecule has 0 unspecified atom stereocenters. The molecule has 3 aromatic heterocycles. The average molecular weight is 547 g/mol. The van der Waals surface area contributed by atoms with Gasteiger partial charge in [-0.3, -0.25) is 14.6 Å². The smallest absolute Gasteiger partial charge is 0.251 e. The molecule has 5 aromatic rings. The molecule has 0 aliphatic heterocycles. The zero-order chi connectivity index (χ0) is 27.2. The molecule has 0 bridgehead atoms. The lowest BCUT2D eigenvalue weighted by atomic mass is 9.95. The summed E-state index contributed by atoms with van der Waals surface area (Å²) in [6.07, 6.45) is 6.83. The van der Waals surface area contributed by atoms with Crippen molar-refractivity contribution in [1.82, 2.24) is 25.1 Å². The molecule has 9 heteroatoms. The minimum Gasteiger partial charge on any atom is -0.349 e. The summed E-state index contributed by atoms with van der Waals surface area (Å²) in [4.78, 5) is 34.8. The molecule has 0 fully saturated rings. The van der Waals surface area contributed by atoms with E-state index in [0.717, 1.165) is 64.5 Å². The lowest BCUT2D eigenvalue weighted by Gasteiger charge is -2.15. The molecule has 7 rings (SSSR count). The van der Waals surface area contributed by atoms with Crippen LogP contribution in [0.4, 0.5) is 5.13 Å². The van der Waals surface area contributed by atoms with Crippen molar-refractivity contribution >= 4 is 28.3 Å². The third-order valence-electron chi connectivity index (χ3n) is 7.49. The number of benzene rings is 2. The molecule has 0 saturated heterocycles. The van der Waals surface area contributed by atoms with Crippen molar-refractivity contribution in [2.75, 3.05) is 5.32 Å². The van der Waals surface area contributed by atoms with Crippen LogP contribution >= 0.6 is 11.3 Å². The number of pyridine rings is 1. The fraction of sp³-hybridized carbons (Fsp3) is 0.194. The highest BCUT2D eigenvalue weighted by Gasteiger charge is 2.30. The third kappa shape index (κ3) is 4.38. The van der Waals surface area contributed by atoms with Gasteiger partial charge >= 0.3 is 0 Å². The zero-order valence-electron chi connectivity index (χ0n) is 21.8. The number of nitrogens with zero attached hydrogens (tertiary/aromatic N) is 4.